The lowest BCUT2D eigenvalue weighted by atomic mass is 10.1. The van der Waals surface area contributed by atoms with Crippen molar-refractivity contribution in [1.29, 1.82) is 0 Å². The highest BCUT2D eigenvalue weighted by atomic mass is 19.1. The van der Waals surface area contributed by atoms with Gasteiger partial charge in [-0.05, 0) is 17.7 Å². The highest BCUT2D eigenvalue weighted by Crippen LogP contribution is 2.26. The number of hydrogen-bond acceptors (Lipinski definition) is 5. The molecule has 0 unspecified atom stereocenters. The van der Waals surface area contributed by atoms with E-state index < -0.39 is 5.82 Å². The summed E-state index contributed by atoms with van der Waals surface area (Å²) >= 11 is 0. The first-order valence-electron chi connectivity index (χ1n) is 6.35. The first-order chi connectivity index (χ1) is 9.72. The Morgan fingerprint density at radius 1 is 1.30 bits per heavy atom. The van der Waals surface area contributed by atoms with E-state index in [1.807, 2.05) is 11.0 Å². The number of aromatic hydroxyl groups is 1. The van der Waals surface area contributed by atoms with Crippen LogP contribution in [0.5, 0.6) is 5.75 Å². The van der Waals surface area contributed by atoms with Crippen LogP contribution in [0, 0.1) is 5.82 Å². The molecular weight excluding hydrogens is 261 g/mol. The molecule has 1 fully saturated rings. The van der Waals surface area contributed by atoms with Crippen molar-refractivity contribution in [3.8, 4) is 5.75 Å². The fourth-order valence-corrected chi connectivity index (χ4v) is 2.23. The van der Waals surface area contributed by atoms with E-state index in [1.54, 1.807) is 18.2 Å². The molecule has 1 aliphatic heterocycles. The summed E-state index contributed by atoms with van der Waals surface area (Å²) in [6.45, 7) is 1.75. The van der Waals surface area contributed by atoms with Gasteiger partial charge in [0.15, 0.2) is 5.82 Å². The summed E-state index contributed by atoms with van der Waals surface area (Å²) in [7, 11) is 0. The van der Waals surface area contributed by atoms with Gasteiger partial charge in [0, 0.05) is 6.54 Å². The van der Waals surface area contributed by atoms with Gasteiger partial charge in [0.25, 0.3) is 0 Å². The predicted molar refractivity (Wildman–Crippen MR) is 71.0 cm³/mol. The van der Waals surface area contributed by atoms with Crippen LogP contribution in [0.4, 0.5) is 10.3 Å². The molecule has 0 radical (unpaired) electrons. The molecule has 1 aromatic carbocycles. The van der Waals surface area contributed by atoms with Crippen molar-refractivity contribution >= 4 is 5.95 Å². The normalized spacial score (nSPS) is 19.1. The molecule has 0 spiro atoms. The number of phenolic OH excluding ortho intramolecular Hbond substituents is 1. The minimum Gasteiger partial charge on any atom is -0.508 e. The minimum absolute atomic E-state index is 0.162. The predicted octanol–water partition coefficient (Wildman–Crippen LogP) is 1.90. The largest absolute Gasteiger partial charge is 0.508 e. The van der Waals surface area contributed by atoms with Crippen molar-refractivity contribution in [2.75, 3.05) is 24.6 Å². The van der Waals surface area contributed by atoms with Crippen LogP contribution in [0.1, 0.15) is 11.7 Å². The van der Waals surface area contributed by atoms with Crippen molar-refractivity contribution in [3.05, 3.63) is 48.0 Å². The molecular formula is C14H14FN3O2. The number of halogens is 1. The number of ether oxygens (including phenoxy) is 1. The van der Waals surface area contributed by atoms with Gasteiger partial charge in [0.05, 0.1) is 25.5 Å². The monoisotopic (exact) mass is 275 g/mol. The lowest BCUT2D eigenvalue weighted by Crippen LogP contribution is -2.39. The number of phenols is 1. The van der Waals surface area contributed by atoms with E-state index in [1.165, 1.54) is 0 Å². The Labute approximate surface area is 115 Å². The number of morpholine rings is 1. The average Bonchev–Trinajstić information content (AvgIpc) is 2.48. The van der Waals surface area contributed by atoms with Crippen LogP contribution in [0.2, 0.25) is 0 Å². The fourth-order valence-electron chi connectivity index (χ4n) is 2.23. The highest BCUT2D eigenvalue weighted by Gasteiger charge is 2.23. The molecule has 6 heteroatoms. The van der Waals surface area contributed by atoms with Crippen molar-refractivity contribution < 1.29 is 14.2 Å². The number of benzene rings is 1. The molecule has 2 heterocycles. The molecule has 0 aliphatic carbocycles. The SMILES string of the molecule is Oc1cccc([C@@H]2CN(c3ncc(F)cn3)CCO2)c1. The van der Waals surface area contributed by atoms with Gasteiger partial charge in [0.2, 0.25) is 5.95 Å². The number of nitrogens with zero attached hydrogens (tertiary/aromatic N) is 3. The molecule has 0 amide bonds. The van der Waals surface area contributed by atoms with Gasteiger partial charge in [-0.15, -0.1) is 0 Å². The number of rotatable bonds is 2. The van der Waals surface area contributed by atoms with E-state index in [9.17, 15) is 9.50 Å². The molecule has 1 N–H and O–H groups in total. The maximum Gasteiger partial charge on any atom is 0.225 e. The molecule has 0 bridgehead atoms. The first kappa shape index (κ1) is 12.8. The molecule has 1 aromatic heterocycles. The van der Waals surface area contributed by atoms with Crippen LogP contribution in [0.15, 0.2) is 36.7 Å². The highest BCUT2D eigenvalue weighted by molar-refractivity contribution is 5.34. The zero-order valence-corrected chi connectivity index (χ0v) is 10.7. The van der Waals surface area contributed by atoms with Gasteiger partial charge in [0.1, 0.15) is 11.9 Å². The first-order valence-corrected chi connectivity index (χ1v) is 6.35. The summed E-state index contributed by atoms with van der Waals surface area (Å²) in [4.78, 5) is 9.91. The molecule has 5 nitrogen and oxygen atoms in total. The number of aromatic nitrogens is 2. The molecule has 2 aromatic rings. The van der Waals surface area contributed by atoms with Crippen LogP contribution in [-0.4, -0.2) is 34.8 Å². The van der Waals surface area contributed by atoms with Crippen LogP contribution in [0.3, 0.4) is 0 Å². The molecule has 1 atom stereocenters. The van der Waals surface area contributed by atoms with E-state index in [-0.39, 0.29) is 11.9 Å². The van der Waals surface area contributed by atoms with Gasteiger partial charge in [-0.1, -0.05) is 12.1 Å². The summed E-state index contributed by atoms with van der Waals surface area (Å²) in [6, 6.07) is 6.98. The van der Waals surface area contributed by atoms with Crippen molar-refractivity contribution in [1.82, 2.24) is 9.97 Å². The zero-order valence-electron chi connectivity index (χ0n) is 10.7. The summed E-state index contributed by atoms with van der Waals surface area (Å²) in [5.74, 6) is 0.243. The van der Waals surface area contributed by atoms with Gasteiger partial charge < -0.3 is 14.7 Å². The van der Waals surface area contributed by atoms with Crippen LogP contribution < -0.4 is 4.90 Å². The Morgan fingerprint density at radius 2 is 2.10 bits per heavy atom. The summed E-state index contributed by atoms with van der Waals surface area (Å²) in [5.41, 5.74) is 0.900. The molecule has 3 rings (SSSR count). The topological polar surface area (TPSA) is 58.5 Å². The second-order valence-electron chi connectivity index (χ2n) is 4.60. The Bertz CT molecular complexity index is 591. The maximum absolute atomic E-state index is 12.8. The van der Waals surface area contributed by atoms with Gasteiger partial charge >= 0.3 is 0 Å². The Balaban J connectivity index is 1.78. The Kier molecular flexibility index (Phi) is 3.47. The average molecular weight is 275 g/mol. The quantitative estimate of drug-likeness (QED) is 0.907. The van der Waals surface area contributed by atoms with E-state index in [4.69, 9.17) is 4.74 Å². The third-order valence-electron chi connectivity index (χ3n) is 3.20. The fraction of sp³-hybridized carbons (Fsp3) is 0.286. The third kappa shape index (κ3) is 2.70. The van der Waals surface area contributed by atoms with Crippen LogP contribution in [-0.2, 0) is 4.74 Å². The molecule has 1 saturated heterocycles. The molecule has 1 aliphatic rings. The van der Waals surface area contributed by atoms with Crippen molar-refractivity contribution in [2.45, 2.75) is 6.10 Å². The number of hydrogen-bond donors (Lipinski definition) is 1. The standard InChI is InChI=1S/C14H14FN3O2/c15-11-7-16-14(17-8-11)18-4-5-20-13(9-18)10-2-1-3-12(19)6-10/h1-3,6-8,13,19H,4-5,9H2/t13-/m0/s1. The van der Waals surface area contributed by atoms with Gasteiger partial charge in [-0.3, -0.25) is 0 Å². The summed E-state index contributed by atoms with van der Waals surface area (Å²) < 4.78 is 18.6. The maximum atomic E-state index is 12.8. The molecule has 0 saturated carbocycles. The molecule has 104 valence electrons. The van der Waals surface area contributed by atoms with E-state index in [0.717, 1.165) is 18.0 Å². The zero-order chi connectivity index (χ0) is 13.9. The van der Waals surface area contributed by atoms with E-state index in [2.05, 4.69) is 9.97 Å². The van der Waals surface area contributed by atoms with E-state index in [0.29, 0.717) is 25.6 Å². The summed E-state index contributed by atoms with van der Waals surface area (Å²) in [6.07, 6.45) is 2.15. The van der Waals surface area contributed by atoms with Crippen molar-refractivity contribution in [3.63, 3.8) is 0 Å². The third-order valence-corrected chi connectivity index (χ3v) is 3.20. The second kappa shape index (κ2) is 5.42. The Hall–Kier alpha value is -2.21. The van der Waals surface area contributed by atoms with Crippen molar-refractivity contribution in [2.24, 2.45) is 0 Å². The van der Waals surface area contributed by atoms with Crippen LogP contribution in [0.25, 0.3) is 0 Å². The summed E-state index contributed by atoms with van der Waals surface area (Å²) in [5, 5.41) is 9.52. The smallest absolute Gasteiger partial charge is 0.225 e. The van der Waals surface area contributed by atoms with Crippen LogP contribution >= 0.6 is 0 Å². The lowest BCUT2D eigenvalue weighted by Gasteiger charge is -2.33. The van der Waals surface area contributed by atoms with Gasteiger partial charge in [-0.2, -0.15) is 0 Å². The Morgan fingerprint density at radius 3 is 2.85 bits per heavy atom. The number of anilines is 1. The second-order valence-corrected chi connectivity index (χ2v) is 4.60. The molecule has 20 heavy (non-hydrogen) atoms. The van der Waals surface area contributed by atoms with Gasteiger partial charge in [-0.25, -0.2) is 14.4 Å². The van der Waals surface area contributed by atoms with E-state index >= 15 is 0 Å². The minimum atomic E-state index is -0.452. The lowest BCUT2D eigenvalue weighted by molar-refractivity contribution is 0.0391.